The van der Waals surface area contributed by atoms with Gasteiger partial charge in [-0.2, -0.15) is 0 Å². The van der Waals surface area contributed by atoms with Crippen LogP contribution in [0.3, 0.4) is 0 Å². The number of amides is 2. The van der Waals surface area contributed by atoms with Crippen LogP contribution in [-0.2, 0) is 14.4 Å². The molecule has 0 bridgehead atoms. The van der Waals surface area contributed by atoms with Crippen LogP contribution in [0.4, 0.5) is 0 Å². The Morgan fingerprint density at radius 1 is 1.07 bits per heavy atom. The molecule has 29 heavy (non-hydrogen) atoms. The molecule has 166 valence electrons. The first-order chi connectivity index (χ1) is 13.7. The maximum absolute atomic E-state index is 13.2. The van der Waals surface area contributed by atoms with E-state index in [0.717, 1.165) is 6.54 Å². The second-order valence-electron chi connectivity index (χ2n) is 8.89. The summed E-state index contributed by atoms with van der Waals surface area (Å²) >= 11 is 0. The number of hydrogen-bond acceptors (Lipinski definition) is 5. The SMILES string of the molecule is CN[C@@H](C)C(=O)N[C@H](C(=O)N1CCN(CC2CCCCC2)C[C@H]1C(=O)O)C(C)C. The van der Waals surface area contributed by atoms with Gasteiger partial charge in [0, 0.05) is 26.2 Å². The normalized spacial score (nSPS) is 23.6. The van der Waals surface area contributed by atoms with Crippen LogP contribution in [-0.4, -0.2) is 84.0 Å². The Bertz CT molecular complexity index is 577. The number of carboxylic acids is 1. The lowest BCUT2D eigenvalue weighted by Gasteiger charge is -2.42. The lowest BCUT2D eigenvalue weighted by Crippen LogP contribution is -2.63. The number of carbonyl (C=O) groups is 3. The van der Waals surface area contributed by atoms with E-state index in [1.807, 2.05) is 13.8 Å². The van der Waals surface area contributed by atoms with Crippen molar-refractivity contribution in [1.29, 1.82) is 0 Å². The maximum Gasteiger partial charge on any atom is 0.327 e. The minimum Gasteiger partial charge on any atom is -0.480 e. The van der Waals surface area contributed by atoms with Crippen molar-refractivity contribution >= 4 is 17.8 Å². The number of hydrogen-bond donors (Lipinski definition) is 3. The van der Waals surface area contributed by atoms with Gasteiger partial charge in [0.05, 0.1) is 6.04 Å². The molecule has 0 spiro atoms. The molecule has 1 heterocycles. The Morgan fingerprint density at radius 2 is 1.72 bits per heavy atom. The molecule has 1 saturated carbocycles. The van der Waals surface area contributed by atoms with E-state index in [2.05, 4.69) is 15.5 Å². The van der Waals surface area contributed by atoms with Crippen molar-refractivity contribution in [2.24, 2.45) is 11.8 Å². The monoisotopic (exact) mass is 410 g/mol. The highest BCUT2D eigenvalue weighted by atomic mass is 16.4. The van der Waals surface area contributed by atoms with Crippen molar-refractivity contribution in [3.05, 3.63) is 0 Å². The van der Waals surface area contributed by atoms with Crippen molar-refractivity contribution in [3.8, 4) is 0 Å². The van der Waals surface area contributed by atoms with Gasteiger partial charge in [-0.1, -0.05) is 33.1 Å². The highest BCUT2D eigenvalue weighted by Gasteiger charge is 2.39. The van der Waals surface area contributed by atoms with E-state index in [9.17, 15) is 19.5 Å². The number of rotatable bonds is 8. The van der Waals surface area contributed by atoms with Crippen molar-refractivity contribution in [1.82, 2.24) is 20.4 Å². The first-order valence-corrected chi connectivity index (χ1v) is 11.0. The number of likely N-dealkylation sites (N-methyl/N-ethyl adjacent to an activating group) is 1. The Morgan fingerprint density at radius 3 is 2.28 bits per heavy atom. The molecule has 8 nitrogen and oxygen atoms in total. The first kappa shape index (κ1) is 23.6. The minimum absolute atomic E-state index is 0.134. The second kappa shape index (κ2) is 10.9. The number of aliphatic carboxylic acids is 1. The summed E-state index contributed by atoms with van der Waals surface area (Å²) in [4.78, 5) is 41.1. The summed E-state index contributed by atoms with van der Waals surface area (Å²) in [6, 6.07) is -2.03. The molecule has 2 fully saturated rings. The van der Waals surface area contributed by atoms with Crippen LogP contribution < -0.4 is 10.6 Å². The van der Waals surface area contributed by atoms with Gasteiger partial charge in [0.15, 0.2) is 0 Å². The van der Waals surface area contributed by atoms with E-state index < -0.39 is 24.1 Å². The predicted octanol–water partition coefficient (Wildman–Crippen LogP) is 0.913. The lowest BCUT2D eigenvalue weighted by atomic mass is 9.88. The van der Waals surface area contributed by atoms with Crippen LogP contribution in [0.1, 0.15) is 52.9 Å². The largest absolute Gasteiger partial charge is 0.480 e. The standard InChI is InChI=1S/C21H38N4O4/c1-14(2)18(23-19(26)15(3)22-4)20(27)25-11-10-24(13-17(25)21(28)29)12-16-8-6-5-7-9-16/h14-18,22H,5-13H2,1-4H3,(H,23,26)(H,28,29)/t15-,17-,18-/m0/s1. The maximum atomic E-state index is 13.2. The predicted molar refractivity (Wildman–Crippen MR) is 111 cm³/mol. The Labute approximate surface area is 174 Å². The van der Waals surface area contributed by atoms with Crippen molar-refractivity contribution in [2.75, 3.05) is 33.2 Å². The third kappa shape index (κ3) is 6.40. The van der Waals surface area contributed by atoms with E-state index in [1.165, 1.54) is 37.0 Å². The quantitative estimate of drug-likeness (QED) is 0.550. The molecule has 3 N–H and O–H groups in total. The fourth-order valence-electron chi connectivity index (χ4n) is 4.32. The average molecular weight is 411 g/mol. The third-order valence-corrected chi connectivity index (χ3v) is 6.33. The molecule has 0 aromatic heterocycles. The van der Waals surface area contributed by atoms with Crippen LogP contribution >= 0.6 is 0 Å². The first-order valence-electron chi connectivity index (χ1n) is 11.0. The summed E-state index contributed by atoms with van der Waals surface area (Å²) in [6.45, 7) is 7.77. The fourth-order valence-corrected chi connectivity index (χ4v) is 4.32. The van der Waals surface area contributed by atoms with Crippen LogP contribution in [0.15, 0.2) is 0 Å². The number of piperazine rings is 1. The zero-order chi connectivity index (χ0) is 21.6. The van der Waals surface area contributed by atoms with E-state index in [-0.39, 0.29) is 17.7 Å². The van der Waals surface area contributed by atoms with Crippen LogP contribution in [0.5, 0.6) is 0 Å². The van der Waals surface area contributed by atoms with E-state index in [4.69, 9.17) is 0 Å². The molecule has 1 aliphatic heterocycles. The zero-order valence-corrected chi connectivity index (χ0v) is 18.3. The van der Waals surface area contributed by atoms with Gasteiger partial charge in [0.25, 0.3) is 0 Å². The summed E-state index contributed by atoms with van der Waals surface area (Å²) in [5.41, 5.74) is 0. The molecule has 3 atom stereocenters. The van der Waals surface area contributed by atoms with Crippen LogP contribution in [0, 0.1) is 11.8 Å². The smallest absolute Gasteiger partial charge is 0.327 e. The Kier molecular flexibility index (Phi) is 8.89. The molecule has 1 aliphatic carbocycles. The molecule has 2 rings (SSSR count). The molecular weight excluding hydrogens is 372 g/mol. The Hall–Kier alpha value is -1.67. The van der Waals surface area contributed by atoms with Crippen LogP contribution in [0.2, 0.25) is 0 Å². The van der Waals surface area contributed by atoms with E-state index in [0.29, 0.717) is 25.6 Å². The van der Waals surface area contributed by atoms with Gasteiger partial charge in [0.2, 0.25) is 11.8 Å². The molecule has 0 radical (unpaired) electrons. The van der Waals surface area contributed by atoms with Gasteiger partial charge in [0.1, 0.15) is 12.1 Å². The fraction of sp³-hybridized carbons (Fsp3) is 0.857. The third-order valence-electron chi connectivity index (χ3n) is 6.33. The molecule has 2 amide bonds. The lowest BCUT2D eigenvalue weighted by molar-refractivity contribution is -0.155. The van der Waals surface area contributed by atoms with Gasteiger partial charge < -0.3 is 20.6 Å². The number of carboxylic acid groups (broad SMARTS) is 1. The highest BCUT2D eigenvalue weighted by molar-refractivity contribution is 5.92. The van der Waals surface area contributed by atoms with Gasteiger partial charge in [-0.05, 0) is 38.6 Å². The minimum atomic E-state index is -0.982. The molecule has 2 aliphatic rings. The zero-order valence-electron chi connectivity index (χ0n) is 18.3. The number of carbonyl (C=O) groups excluding carboxylic acids is 2. The molecule has 0 aromatic rings. The highest BCUT2D eigenvalue weighted by Crippen LogP contribution is 2.25. The van der Waals surface area contributed by atoms with Crippen LogP contribution in [0.25, 0.3) is 0 Å². The molecule has 0 aromatic carbocycles. The van der Waals surface area contributed by atoms with Crippen molar-refractivity contribution in [3.63, 3.8) is 0 Å². The van der Waals surface area contributed by atoms with E-state index in [1.54, 1.807) is 14.0 Å². The van der Waals surface area contributed by atoms with E-state index >= 15 is 0 Å². The topological polar surface area (TPSA) is 102 Å². The number of nitrogens with one attached hydrogen (secondary N) is 2. The molecule has 8 heteroatoms. The summed E-state index contributed by atoms with van der Waals surface area (Å²) < 4.78 is 0. The van der Waals surface area contributed by atoms with Crippen molar-refractivity contribution < 1.29 is 19.5 Å². The summed E-state index contributed by atoms with van der Waals surface area (Å²) in [5.74, 6) is -1.05. The average Bonchev–Trinajstić information content (AvgIpc) is 2.71. The summed E-state index contributed by atoms with van der Waals surface area (Å²) in [6.07, 6.45) is 6.23. The van der Waals surface area contributed by atoms with Gasteiger partial charge in [-0.3, -0.25) is 14.5 Å². The van der Waals surface area contributed by atoms with Gasteiger partial charge in [-0.15, -0.1) is 0 Å². The van der Waals surface area contributed by atoms with Gasteiger partial charge >= 0.3 is 5.97 Å². The second-order valence-corrected chi connectivity index (χ2v) is 8.89. The molecule has 0 unspecified atom stereocenters. The van der Waals surface area contributed by atoms with Gasteiger partial charge in [-0.25, -0.2) is 4.79 Å². The van der Waals surface area contributed by atoms with Crippen molar-refractivity contribution in [2.45, 2.75) is 71.0 Å². The molecular formula is C21H38N4O4. The Balaban J connectivity index is 2.05. The summed E-state index contributed by atoms with van der Waals surface area (Å²) in [5, 5.41) is 15.5. The summed E-state index contributed by atoms with van der Waals surface area (Å²) in [7, 11) is 1.68. The number of nitrogens with zero attached hydrogens (tertiary/aromatic N) is 2. The molecule has 1 saturated heterocycles.